The van der Waals surface area contributed by atoms with E-state index in [9.17, 15) is 19.2 Å². The number of nitrogens with one attached hydrogen (secondary N) is 2. The Morgan fingerprint density at radius 1 is 1.47 bits per heavy atom. The van der Waals surface area contributed by atoms with Gasteiger partial charge in [-0.25, -0.2) is 9.78 Å². The van der Waals surface area contributed by atoms with Gasteiger partial charge in [0.15, 0.2) is 11.4 Å². The maximum Gasteiger partial charge on any atom is 0.354 e. The first-order chi connectivity index (χ1) is 8.91. The van der Waals surface area contributed by atoms with Crippen molar-refractivity contribution in [1.82, 2.24) is 20.2 Å². The molecule has 2 rings (SSSR count). The fourth-order valence-electron chi connectivity index (χ4n) is 1.72. The van der Waals surface area contributed by atoms with Crippen molar-refractivity contribution < 1.29 is 24.3 Å². The zero-order chi connectivity index (χ0) is 14.2. The van der Waals surface area contributed by atoms with Gasteiger partial charge in [0.1, 0.15) is 12.6 Å². The lowest BCUT2D eigenvalue weighted by atomic mass is 10.1. The van der Waals surface area contributed by atoms with E-state index >= 15 is 0 Å². The highest BCUT2D eigenvalue weighted by molar-refractivity contribution is 6.08. The molecular formula is C10H10N4O5. The van der Waals surface area contributed by atoms with Crippen LogP contribution in [0, 0.1) is 0 Å². The van der Waals surface area contributed by atoms with Gasteiger partial charge in [-0.2, -0.15) is 0 Å². The van der Waals surface area contributed by atoms with Gasteiger partial charge in [0, 0.05) is 0 Å². The monoisotopic (exact) mass is 266 g/mol. The van der Waals surface area contributed by atoms with Crippen molar-refractivity contribution in [2.75, 3.05) is 6.54 Å². The summed E-state index contributed by atoms with van der Waals surface area (Å²) in [7, 11) is 0. The average molecular weight is 266 g/mol. The molecule has 9 nitrogen and oxygen atoms in total. The highest BCUT2D eigenvalue weighted by Gasteiger charge is 2.36. The number of hydrogen-bond acceptors (Lipinski definition) is 5. The molecule has 2 heterocycles. The maximum atomic E-state index is 12.1. The van der Waals surface area contributed by atoms with Crippen LogP contribution in [0.3, 0.4) is 0 Å². The number of aromatic carboxylic acids is 1. The maximum absolute atomic E-state index is 12.1. The Balaban J connectivity index is 2.33. The molecule has 0 aromatic carbocycles. The number of piperazine rings is 1. The van der Waals surface area contributed by atoms with Crippen molar-refractivity contribution in [3.05, 3.63) is 17.7 Å². The zero-order valence-electron chi connectivity index (χ0n) is 9.84. The molecule has 100 valence electrons. The third-order valence-electron chi connectivity index (χ3n) is 2.74. The third-order valence-corrected chi connectivity index (χ3v) is 2.74. The highest BCUT2D eigenvalue weighted by Crippen LogP contribution is 2.12. The van der Waals surface area contributed by atoms with Gasteiger partial charge in [-0.1, -0.05) is 0 Å². The van der Waals surface area contributed by atoms with Crippen LogP contribution in [0.4, 0.5) is 0 Å². The Hall–Kier alpha value is -2.71. The zero-order valence-corrected chi connectivity index (χ0v) is 9.84. The molecular weight excluding hydrogens is 256 g/mol. The van der Waals surface area contributed by atoms with Crippen LogP contribution in [0.15, 0.2) is 6.33 Å². The number of imidazole rings is 1. The van der Waals surface area contributed by atoms with Crippen LogP contribution < -0.4 is 5.32 Å². The number of hydrogen-bond donors (Lipinski definition) is 3. The lowest BCUT2D eigenvalue weighted by Crippen LogP contribution is -2.58. The second-order valence-electron chi connectivity index (χ2n) is 3.95. The van der Waals surface area contributed by atoms with E-state index in [2.05, 4.69) is 15.3 Å². The molecule has 1 unspecified atom stereocenters. The molecule has 1 aromatic heterocycles. The molecule has 1 aliphatic heterocycles. The smallest absolute Gasteiger partial charge is 0.354 e. The fraction of sp³-hybridized carbons (Fsp3) is 0.300. The molecule has 0 saturated carbocycles. The summed E-state index contributed by atoms with van der Waals surface area (Å²) >= 11 is 0. The summed E-state index contributed by atoms with van der Waals surface area (Å²) in [6.45, 7) is 1.12. The molecule has 1 saturated heterocycles. The number of aromatic amines is 1. The molecule has 3 N–H and O–H groups in total. The molecule has 0 radical (unpaired) electrons. The van der Waals surface area contributed by atoms with Gasteiger partial charge >= 0.3 is 5.97 Å². The quantitative estimate of drug-likeness (QED) is 0.563. The van der Waals surface area contributed by atoms with Crippen molar-refractivity contribution in [2.24, 2.45) is 0 Å². The van der Waals surface area contributed by atoms with Crippen molar-refractivity contribution in [1.29, 1.82) is 0 Å². The summed E-state index contributed by atoms with van der Waals surface area (Å²) in [6, 6.07) is -0.872. The van der Waals surface area contributed by atoms with E-state index < -0.39 is 29.7 Å². The van der Waals surface area contributed by atoms with Crippen LogP contribution in [0.25, 0.3) is 0 Å². The Kier molecular flexibility index (Phi) is 3.03. The predicted octanol–water partition coefficient (Wildman–Crippen LogP) is -1.40. The second-order valence-corrected chi connectivity index (χ2v) is 3.95. The number of H-pyrrole nitrogens is 1. The number of carbonyl (C=O) groups excluding carboxylic acids is 3. The van der Waals surface area contributed by atoms with E-state index in [1.807, 2.05) is 0 Å². The average Bonchev–Trinajstić information content (AvgIpc) is 2.82. The topological polar surface area (TPSA) is 132 Å². The van der Waals surface area contributed by atoms with Gasteiger partial charge < -0.3 is 15.0 Å². The van der Waals surface area contributed by atoms with Crippen molar-refractivity contribution >= 4 is 23.7 Å². The van der Waals surface area contributed by atoms with Crippen molar-refractivity contribution in [2.45, 2.75) is 13.0 Å². The lowest BCUT2D eigenvalue weighted by molar-refractivity contribution is -0.138. The van der Waals surface area contributed by atoms with Crippen LogP contribution >= 0.6 is 0 Å². The Labute approximate surface area is 106 Å². The Morgan fingerprint density at radius 3 is 2.79 bits per heavy atom. The molecule has 1 atom stereocenters. The predicted molar refractivity (Wildman–Crippen MR) is 59.2 cm³/mol. The largest absolute Gasteiger partial charge is 0.477 e. The summed E-state index contributed by atoms with van der Waals surface area (Å²) in [5.41, 5.74) is -0.711. The number of nitrogens with zero attached hydrogens (tertiary/aromatic N) is 2. The molecule has 0 spiro atoms. The summed E-state index contributed by atoms with van der Waals surface area (Å²) in [6.07, 6.45) is 1.06. The van der Waals surface area contributed by atoms with Gasteiger partial charge in [0.05, 0.1) is 6.33 Å². The van der Waals surface area contributed by atoms with E-state index in [1.165, 1.54) is 6.92 Å². The van der Waals surface area contributed by atoms with Gasteiger partial charge in [-0.05, 0) is 6.92 Å². The van der Waals surface area contributed by atoms with E-state index in [1.54, 1.807) is 0 Å². The first-order valence-corrected chi connectivity index (χ1v) is 5.33. The summed E-state index contributed by atoms with van der Waals surface area (Å²) < 4.78 is 0. The first-order valence-electron chi connectivity index (χ1n) is 5.33. The number of carbonyl (C=O) groups is 4. The van der Waals surface area contributed by atoms with Crippen LogP contribution in [0.5, 0.6) is 0 Å². The SMILES string of the molecule is CC1C(=O)NC(=O)CN1C(=O)c1nc[nH]c1C(=O)O. The van der Waals surface area contributed by atoms with E-state index in [4.69, 9.17) is 5.11 Å². The number of rotatable bonds is 2. The highest BCUT2D eigenvalue weighted by atomic mass is 16.4. The van der Waals surface area contributed by atoms with E-state index in [0.717, 1.165) is 11.2 Å². The van der Waals surface area contributed by atoms with Gasteiger partial charge in [-0.3, -0.25) is 19.7 Å². The van der Waals surface area contributed by atoms with Gasteiger partial charge in [0.25, 0.3) is 5.91 Å². The standard InChI is InChI=1S/C10H10N4O5/c1-4-8(16)13-5(15)2-14(4)9(17)6-7(10(18)19)12-3-11-6/h3-4H,2H2,1H3,(H,11,12)(H,18,19)(H,13,15,16). The summed E-state index contributed by atoms with van der Waals surface area (Å²) in [5, 5.41) is 11.0. The molecule has 1 aliphatic rings. The summed E-state index contributed by atoms with van der Waals surface area (Å²) in [4.78, 5) is 52.6. The molecule has 0 bridgehead atoms. The van der Waals surface area contributed by atoms with Crippen LogP contribution in [0.2, 0.25) is 0 Å². The molecule has 0 aliphatic carbocycles. The number of imide groups is 1. The molecule has 3 amide bonds. The minimum atomic E-state index is -1.35. The van der Waals surface area contributed by atoms with Gasteiger partial charge in [-0.15, -0.1) is 0 Å². The third kappa shape index (κ3) is 2.17. The summed E-state index contributed by atoms with van der Waals surface area (Å²) in [5.74, 6) is -3.36. The van der Waals surface area contributed by atoms with Crippen molar-refractivity contribution in [3.8, 4) is 0 Å². The Morgan fingerprint density at radius 2 is 2.16 bits per heavy atom. The van der Waals surface area contributed by atoms with Crippen molar-refractivity contribution in [3.63, 3.8) is 0 Å². The second kappa shape index (κ2) is 4.52. The molecule has 19 heavy (non-hydrogen) atoms. The van der Waals surface area contributed by atoms with E-state index in [-0.39, 0.29) is 17.9 Å². The first kappa shape index (κ1) is 12.7. The number of carboxylic acids is 1. The molecule has 1 fully saturated rings. The van der Waals surface area contributed by atoms with Crippen LogP contribution in [0.1, 0.15) is 27.9 Å². The number of amides is 3. The molecule has 1 aromatic rings. The molecule has 9 heteroatoms. The van der Waals surface area contributed by atoms with Crippen LogP contribution in [-0.2, 0) is 9.59 Å². The number of carboxylic acid groups (broad SMARTS) is 1. The number of aromatic nitrogens is 2. The van der Waals surface area contributed by atoms with Crippen LogP contribution in [-0.4, -0.2) is 56.3 Å². The fourth-order valence-corrected chi connectivity index (χ4v) is 1.72. The minimum Gasteiger partial charge on any atom is -0.477 e. The Bertz CT molecular complexity index is 578. The van der Waals surface area contributed by atoms with E-state index in [0.29, 0.717) is 0 Å². The lowest BCUT2D eigenvalue weighted by Gasteiger charge is -2.31. The minimum absolute atomic E-state index is 0.322. The van der Waals surface area contributed by atoms with Gasteiger partial charge in [0.2, 0.25) is 11.8 Å². The normalized spacial score (nSPS) is 19.2.